The minimum atomic E-state index is -0.807. The number of ether oxygens (including phenoxy) is 2. The molecule has 13 heavy (non-hydrogen) atoms. The van der Waals surface area contributed by atoms with Gasteiger partial charge in [0.1, 0.15) is 5.60 Å². The van der Waals surface area contributed by atoms with Gasteiger partial charge in [0.2, 0.25) is 0 Å². The van der Waals surface area contributed by atoms with Crippen molar-refractivity contribution in [3.63, 3.8) is 0 Å². The Bertz CT molecular complexity index is 228. The van der Waals surface area contributed by atoms with Crippen LogP contribution in [0.15, 0.2) is 0 Å². The lowest BCUT2D eigenvalue weighted by atomic mass is 9.97. The first kappa shape index (κ1) is 8.97. The zero-order valence-electron chi connectivity index (χ0n) is 7.66. The maximum atomic E-state index is 10.6. The Balaban J connectivity index is 2.06. The molecule has 0 spiro atoms. The number of rotatable bonds is 2. The summed E-state index contributed by atoms with van der Waals surface area (Å²) in [6.45, 7) is 2.40. The molecular weight excluding hydrogens is 172 g/mol. The van der Waals surface area contributed by atoms with E-state index in [0.717, 1.165) is 12.8 Å². The molecule has 2 saturated heterocycles. The van der Waals surface area contributed by atoms with Crippen molar-refractivity contribution >= 4 is 5.97 Å². The molecule has 0 amide bonds. The average molecular weight is 186 g/mol. The number of hydrogen-bond acceptors (Lipinski definition) is 3. The lowest BCUT2D eigenvalue weighted by Crippen LogP contribution is -2.45. The summed E-state index contributed by atoms with van der Waals surface area (Å²) >= 11 is 0. The molecule has 0 aromatic heterocycles. The summed E-state index contributed by atoms with van der Waals surface area (Å²) in [5, 5.41) is 8.71. The van der Waals surface area contributed by atoms with Gasteiger partial charge in [-0.3, -0.25) is 4.79 Å². The Hall–Kier alpha value is -0.610. The molecule has 74 valence electrons. The van der Waals surface area contributed by atoms with E-state index in [-0.39, 0.29) is 18.6 Å². The summed E-state index contributed by atoms with van der Waals surface area (Å²) in [5.41, 5.74) is -0.525. The van der Waals surface area contributed by atoms with Gasteiger partial charge in [0.25, 0.3) is 0 Å². The summed E-state index contributed by atoms with van der Waals surface area (Å²) in [7, 11) is 0. The number of carbonyl (C=O) groups is 1. The fourth-order valence-corrected chi connectivity index (χ4v) is 2.13. The lowest BCUT2D eigenvalue weighted by Gasteiger charge is -2.35. The Morgan fingerprint density at radius 2 is 2.46 bits per heavy atom. The van der Waals surface area contributed by atoms with Gasteiger partial charge < -0.3 is 14.6 Å². The summed E-state index contributed by atoms with van der Waals surface area (Å²) in [5.74, 6) is -0.807. The molecule has 0 saturated carbocycles. The Morgan fingerprint density at radius 1 is 1.69 bits per heavy atom. The minimum absolute atomic E-state index is 0.0657. The van der Waals surface area contributed by atoms with Crippen LogP contribution in [0.4, 0.5) is 0 Å². The molecule has 4 nitrogen and oxygen atoms in total. The molecule has 2 fully saturated rings. The van der Waals surface area contributed by atoms with Crippen molar-refractivity contribution in [2.24, 2.45) is 0 Å². The van der Waals surface area contributed by atoms with Crippen molar-refractivity contribution in [3.8, 4) is 0 Å². The van der Waals surface area contributed by atoms with Crippen LogP contribution in [0.3, 0.4) is 0 Å². The van der Waals surface area contributed by atoms with Crippen molar-refractivity contribution in [1.29, 1.82) is 0 Å². The van der Waals surface area contributed by atoms with Gasteiger partial charge in [-0.25, -0.2) is 0 Å². The van der Waals surface area contributed by atoms with Gasteiger partial charge in [0, 0.05) is 0 Å². The molecule has 0 aliphatic carbocycles. The normalized spacial score (nSPS) is 43.5. The fraction of sp³-hybridized carbons (Fsp3) is 0.889. The van der Waals surface area contributed by atoms with Gasteiger partial charge in [0.05, 0.1) is 25.2 Å². The Labute approximate surface area is 76.8 Å². The molecule has 2 heterocycles. The van der Waals surface area contributed by atoms with Crippen LogP contribution in [0.5, 0.6) is 0 Å². The highest BCUT2D eigenvalue weighted by atomic mass is 16.6. The van der Waals surface area contributed by atoms with Gasteiger partial charge in [-0.2, -0.15) is 0 Å². The second-order valence-corrected chi connectivity index (χ2v) is 3.96. The second-order valence-electron chi connectivity index (χ2n) is 3.96. The van der Waals surface area contributed by atoms with Gasteiger partial charge in [-0.15, -0.1) is 0 Å². The Morgan fingerprint density at radius 3 is 3.15 bits per heavy atom. The van der Waals surface area contributed by atoms with E-state index in [1.54, 1.807) is 0 Å². The van der Waals surface area contributed by atoms with E-state index in [1.165, 1.54) is 0 Å². The van der Waals surface area contributed by atoms with Crippen molar-refractivity contribution in [3.05, 3.63) is 0 Å². The summed E-state index contributed by atoms with van der Waals surface area (Å²) in [6, 6.07) is 0. The number of carboxylic acids is 1. The van der Waals surface area contributed by atoms with E-state index in [4.69, 9.17) is 14.6 Å². The van der Waals surface area contributed by atoms with Gasteiger partial charge >= 0.3 is 5.97 Å². The lowest BCUT2D eigenvalue weighted by molar-refractivity contribution is -0.197. The van der Waals surface area contributed by atoms with Crippen molar-refractivity contribution < 1.29 is 19.4 Å². The number of fused-ring (bicyclic) bond motifs is 2. The molecule has 2 aliphatic rings. The molecular formula is C9H14O4. The van der Waals surface area contributed by atoms with Crippen LogP contribution < -0.4 is 0 Å². The minimum Gasteiger partial charge on any atom is -0.481 e. The molecule has 2 aliphatic heterocycles. The van der Waals surface area contributed by atoms with E-state index in [9.17, 15) is 4.79 Å². The third-order valence-corrected chi connectivity index (χ3v) is 2.89. The van der Waals surface area contributed by atoms with Gasteiger partial charge in [-0.05, 0) is 19.8 Å². The van der Waals surface area contributed by atoms with E-state index in [1.807, 2.05) is 6.92 Å². The molecule has 1 N–H and O–H groups in total. The molecule has 3 atom stereocenters. The van der Waals surface area contributed by atoms with Crippen molar-refractivity contribution in [2.75, 3.05) is 6.61 Å². The van der Waals surface area contributed by atoms with Crippen molar-refractivity contribution in [1.82, 2.24) is 0 Å². The topological polar surface area (TPSA) is 55.8 Å². The van der Waals surface area contributed by atoms with E-state index in [2.05, 4.69) is 0 Å². The van der Waals surface area contributed by atoms with Crippen LogP contribution in [0, 0.1) is 0 Å². The highest BCUT2D eigenvalue weighted by Crippen LogP contribution is 2.39. The number of carboxylic acid groups (broad SMARTS) is 1. The molecule has 0 aromatic rings. The van der Waals surface area contributed by atoms with Gasteiger partial charge in [0.15, 0.2) is 0 Å². The fourth-order valence-electron chi connectivity index (χ4n) is 2.13. The maximum absolute atomic E-state index is 10.6. The quantitative estimate of drug-likeness (QED) is 0.693. The highest BCUT2D eigenvalue weighted by molar-refractivity contribution is 5.68. The third-order valence-electron chi connectivity index (χ3n) is 2.89. The summed E-state index contributed by atoms with van der Waals surface area (Å²) in [4.78, 5) is 10.6. The standard InChI is InChI=1S/C9H14O4/c1-6-7-2-3-9(13-7,5-12-6)4-8(10)11/h6-7H,2-5H2,1H3,(H,10,11). The van der Waals surface area contributed by atoms with E-state index in [0.29, 0.717) is 6.61 Å². The second kappa shape index (κ2) is 2.96. The molecule has 0 aromatic carbocycles. The first-order valence-electron chi connectivity index (χ1n) is 4.63. The van der Waals surface area contributed by atoms with Crippen LogP contribution in [0.25, 0.3) is 0 Å². The number of aliphatic carboxylic acids is 1. The van der Waals surface area contributed by atoms with Crippen LogP contribution in [-0.4, -0.2) is 35.5 Å². The average Bonchev–Trinajstić information content (AvgIpc) is 2.38. The SMILES string of the molecule is CC1OCC2(CC(=O)O)CCC1O2. The third kappa shape index (κ3) is 1.56. The first-order valence-corrected chi connectivity index (χ1v) is 4.63. The maximum Gasteiger partial charge on any atom is 0.306 e. The summed E-state index contributed by atoms with van der Waals surface area (Å²) in [6.07, 6.45) is 2.02. The molecule has 4 heteroatoms. The predicted molar refractivity (Wildman–Crippen MR) is 44.5 cm³/mol. The summed E-state index contributed by atoms with van der Waals surface area (Å²) < 4.78 is 11.2. The van der Waals surface area contributed by atoms with E-state index >= 15 is 0 Å². The van der Waals surface area contributed by atoms with E-state index < -0.39 is 11.6 Å². The van der Waals surface area contributed by atoms with Crippen LogP contribution in [0.1, 0.15) is 26.2 Å². The molecule has 2 rings (SSSR count). The highest BCUT2D eigenvalue weighted by Gasteiger charge is 2.48. The van der Waals surface area contributed by atoms with Crippen LogP contribution in [-0.2, 0) is 14.3 Å². The smallest absolute Gasteiger partial charge is 0.306 e. The van der Waals surface area contributed by atoms with Crippen LogP contribution >= 0.6 is 0 Å². The number of hydrogen-bond donors (Lipinski definition) is 1. The largest absolute Gasteiger partial charge is 0.481 e. The van der Waals surface area contributed by atoms with Gasteiger partial charge in [-0.1, -0.05) is 0 Å². The Kier molecular flexibility index (Phi) is 2.04. The van der Waals surface area contributed by atoms with Crippen LogP contribution in [0.2, 0.25) is 0 Å². The zero-order valence-corrected chi connectivity index (χ0v) is 7.66. The van der Waals surface area contributed by atoms with Crippen molar-refractivity contribution in [2.45, 2.75) is 44.0 Å². The predicted octanol–water partition coefficient (Wildman–Crippen LogP) is 0.798. The monoisotopic (exact) mass is 186 g/mol. The molecule has 0 radical (unpaired) electrons. The molecule has 3 unspecified atom stereocenters. The first-order chi connectivity index (χ1) is 6.11. The molecule has 2 bridgehead atoms. The zero-order chi connectivity index (χ0) is 9.47.